The third-order valence-corrected chi connectivity index (χ3v) is 15.6. The van der Waals surface area contributed by atoms with Gasteiger partial charge in [-0.1, -0.05) is 34.6 Å². The summed E-state index contributed by atoms with van der Waals surface area (Å²) in [4.78, 5) is 13.8. The summed E-state index contributed by atoms with van der Waals surface area (Å²) in [5.74, 6) is 0.946. The first kappa shape index (κ1) is 35.1. The Bertz CT molecular complexity index is 1190. The molecule has 1 saturated heterocycles. The van der Waals surface area contributed by atoms with E-state index < -0.39 is 72.1 Å². The van der Waals surface area contributed by atoms with Crippen LogP contribution in [0.1, 0.15) is 106 Å². The maximum Gasteiger partial charge on any atom is 0.187 e. The number of hydrogen-bond donors (Lipinski definition) is 7. The number of fused-ring (bicyclic) bond motifs is 2. The van der Waals surface area contributed by atoms with E-state index >= 15 is 0 Å². The van der Waals surface area contributed by atoms with E-state index in [0.717, 1.165) is 38.5 Å². The second-order valence-corrected chi connectivity index (χ2v) is 18.1. The standard InChI is InChI=1S/C36H60O10/c1-18(8-9-23(39)32(4,5)46-30-28(44)27(43)26(42)21(16-37)45-30)19-10-11-34(7)29-20(38)14-22-31(2,3)24(40)15-25(41)36(22)17-35(29,36)13-12-33(19,34)6/h18-24,26-30,37-40,42-44H,8-17H2,1-7H3. The highest BCUT2D eigenvalue weighted by Crippen LogP contribution is 2.88. The van der Waals surface area contributed by atoms with E-state index in [1.54, 1.807) is 13.8 Å². The van der Waals surface area contributed by atoms with E-state index in [-0.39, 0.29) is 46.2 Å². The molecule has 0 bridgehead atoms. The van der Waals surface area contributed by atoms with E-state index in [4.69, 9.17) is 9.47 Å². The number of Topliss-reactive ketones (excluding diaryl/α,β-unsaturated/α-hetero) is 1. The van der Waals surface area contributed by atoms with Gasteiger partial charge < -0.3 is 45.2 Å². The number of aliphatic hydroxyl groups is 7. The zero-order chi connectivity index (χ0) is 34.0. The minimum Gasteiger partial charge on any atom is -0.394 e. The predicted octanol–water partition coefficient (Wildman–Crippen LogP) is 2.31. The van der Waals surface area contributed by atoms with Gasteiger partial charge in [0.1, 0.15) is 30.2 Å². The quantitative estimate of drug-likeness (QED) is 0.206. The van der Waals surface area contributed by atoms with E-state index in [1.165, 1.54) is 0 Å². The van der Waals surface area contributed by atoms with Crippen molar-refractivity contribution in [2.24, 2.45) is 50.7 Å². The Balaban J connectivity index is 1.14. The molecule has 264 valence electrons. The van der Waals surface area contributed by atoms with Gasteiger partial charge in [-0.3, -0.25) is 4.79 Å². The highest BCUT2D eigenvalue weighted by Gasteiger charge is 2.86. The van der Waals surface area contributed by atoms with Gasteiger partial charge in [0.2, 0.25) is 0 Å². The fourth-order valence-electron chi connectivity index (χ4n) is 12.5. The molecule has 16 unspecified atom stereocenters. The van der Waals surface area contributed by atoms with E-state index in [2.05, 4.69) is 34.6 Å². The van der Waals surface area contributed by atoms with E-state index in [0.29, 0.717) is 18.8 Å². The summed E-state index contributed by atoms with van der Waals surface area (Å²) in [7, 11) is 0. The first-order valence-electron chi connectivity index (χ1n) is 17.8. The molecule has 7 N–H and O–H groups in total. The smallest absolute Gasteiger partial charge is 0.187 e. The fraction of sp³-hybridized carbons (Fsp3) is 0.972. The van der Waals surface area contributed by atoms with Gasteiger partial charge in [-0.25, -0.2) is 0 Å². The highest BCUT2D eigenvalue weighted by molar-refractivity contribution is 5.91. The Kier molecular flexibility index (Phi) is 8.52. The summed E-state index contributed by atoms with van der Waals surface area (Å²) >= 11 is 0. The van der Waals surface area contributed by atoms with Crippen LogP contribution in [0.3, 0.4) is 0 Å². The average molecular weight is 653 g/mol. The highest BCUT2D eigenvalue weighted by atomic mass is 16.7. The molecule has 16 atom stereocenters. The van der Waals surface area contributed by atoms with E-state index in [9.17, 15) is 40.5 Å². The van der Waals surface area contributed by atoms with Crippen LogP contribution < -0.4 is 0 Å². The van der Waals surface area contributed by atoms with Crippen LogP contribution in [-0.2, 0) is 14.3 Å². The lowest BCUT2D eigenvalue weighted by Gasteiger charge is -2.64. The summed E-state index contributed by atoms with van der Waals surface area (Å²) in [6, 6.07) is 0. The van der Waals surface area contributed by atoms with Crippen molar-refractivity contribution in [1.29, 1.82) is 0 Å². The zero-order valence-electron chi connectivity index (χ0n) is 28.9. The summed E-state index contributed by atoms with van der Waals surface area (Å²) in [5, 5.41) is 74.4. The van der Waals surface area contributed by atoms with Gasteiger partial charge in [-0.2, -0.15) is 0 Å². The molecule has 0 aromatic carbocycles. The summed E-state index contributed by atoms with van der Waals surface area (Å²) in [5.41, 5.74) is -2.29. The van der Waals surface area contributed by atoms with Crippen molar-refractivity contribution in [3.63, 3.8) is 0 Å². The van der Waals surface area contributed by atoms with Crippen molar-refractivity contribution < 1.29 is 50.0 Å². The molecule has 46 heavy (non-hydrogen) atoms. The number of carbonyl (C=O) groups is 1. The van der Waals surface area contributed by atoms with Crippen molar-refractivity contribution in [3.05, 3.63) is 0 Å². The lowest BCUT2D eigenvalue weighted by Crippen LogP contribution is -2.63. The second kappa shape index (κ2) is 11.2. The maximum atomic E-state index is 13.8. The van der Waals surface area contributed by atoms with Crippen molar-refractivity contribution in [3.8, 4) is 0 Å². The third kappa shape index (κ3) is 4.57. The van der Waals surface area contributed by atoms with Crippen LogP contribution in [0.2, 0.25) is 0 Å². The molecule has 6 rings (SSSR count). The molecular weight excluding hydrogens is 592 g/mol. The van der Waals surface area contributed by atoms with Gasteiger partial charge in [0.25, 0.3) is 0 Å². The average Bonchev–Trinajstić information content (AvgIpc) is 3.58. The van der Waals surface area contributed by atoms with Gasteiger partial charge in [0, 0.05) is 11.8 Å². The molecule has 0 aromatic rings. The van der Waals surface area contributed by atoms with Crippen molar-refractivity contribution in [2.75, 3.05) is 6.61 Å². The largest absolute Gasteiger partial charge is 0.394 e. The molecule has 0 radical (unpaired) electrons. The Labute approximate surface area is 273 Å². The minimum absolute atomic E-state index is 0.00150. The van der Waals surface area contributed by atoms with Gasteiger partial charge in [0.15, 0.2) is 6.29 Å². The SMILES string of the molecule is CC(CCC(O)C(C)(C)OC1OC(CO)C(O)C(O)C1O)C1CCC2(C)C3C(O)CC4C(C)(C)C(O)CC(=O)C45CC35CCC12C. The van der Waals surface area contributed by atoms with Gasteiger partial charge >= 0.3 is 0 Å². The number of hydrogen-bond acceptors (Lipinski definition) is 10. The lowest BCUT2D eigenvalue weighted by molar-refractivity contribution is -0.331. The number of rotatable bonds is 8. The van der Waals surface area contributed by atoms with Gasteiger partial charge in [-0.05, 0) is 111 Å². The number of carbonyl (C=O) groups excluding carboxylic acids is 1. The number of ether oxygens (including phenoxy) is 2. The minimum atomic E-state index is -1.55. The van der Waals surface area contributed by atoms with Crippen molar-refractivity contribution in [2.45, 2.75) is 161 Å². The van der Waals surface area contributed by atoms with Crippen LogP contribution in [-0.4, -0.2) is 103 Å². The molecule has 5 saturated carbocycles. The van der Waals surface area contributed by atoms with Gasteiger partial charge in [-0.15, -0.1) is 0 Å². The molecule has 2 spiro atoms. The monoisotopic (exact) mass is 652 g/mol. The van der Waals surface area contributed by atoms with Crippen molar-refractivity contribution >= 4 is 5.78 Å². The van der Waals surface area contributed by atoms with Crippen LogP contribution in [0.25, 0.3) is 0 Å². The Hall–Kier alpha value is -0.690. The maximum absolute atomic E-state index is 13.8. The molecule has 0 amide bonds. The summed E-state index contributed by atoms with van der Waals surface area (Å²) in [6.45, 7) is 14.1. The fourth-order valence-corrected chi connectivity index (χ4v) is 12.5. The Morgan fingerprint density at radius 1 is 0.957 bits per heavy atom. The first-order valence-corrected chi connectivity index (χ1v) is 17.8. The first-order chi connectivity index (χ1) is 21.2. The molecule has 0 aromatic heterocycles. The lowest BCUT2D eigenvalue weighted by atomic mass is 9.41. The van der Waals surface area contributed by atoms with Crippen molar-refractivity contribution in [1.82, 2.24) is 0 Å². The van der Waals surface area contributed by atoms with Crippen LogP contribution in [0, 0.1) is 50.7 Å². The van der Waals surface area contributed by atoms with Crippen LogP contribution in [0.4, 0.5) is 0 Å². The Morgan fingerprint density at radius 2 is 1.63 bits per heavy atom. The molecule has 6 aliphatic rings. The number of ketones is 1. The molecule has 10 nitrogen and oxygen atoms in total. The third-order valence-electron chi connectivity index (χ3n) is 15.6. The second-order valence-electron chi connectivity index (χ2n) is 18.1. The van der Waals surface area contributed by atoms with Gasteiger partial charge in [0.05, 0.1) is 30.5 Å². The molecular formula is C36H60O10. The molecule has 10 heteroatoms. The molecule has 5 aliphatic carbocycles. The zero-order valence-corrected chi connectivity index (χ0v) is 28.9. The normalized spacial score (nSPS) is 52.6. The van der Waals surface area contributed by atoms with Crippen LogP contribution in [0.15, 0.2) is 0 Å². The Morgan fingerprint density at radius 3 is 2.28 bits per heavy atom. The van der Waals surface area contributed by atoms with Crippen LogP contribution in [0.5, 0.6) is 0 Å². The van der Waals surface area contributed by atoms with Crippen LogP contribution >= 0.6 is 0 Å². The topological polar surface area (TPSA) is 177 Å². The molecule has 6 fully saturated rings. The molecule has 1 heterocycles. The number of aliphatic hydroxyl groups excluding tert-OH is 7. The van der Waals surface area contributed by atoms with E-state index in [1.807, 2.05) is 0 Å². The summed E-state index contributed by atoms with van der Waals surface area (Å²) < 4.78 is 11.5. The molecule has 1 aliphatic heterocycles. The summed E-state index contributed by atoms with van der Waals surface area (Å²) in [6.07, 6.45) is -2.25. The predicted molar refractivity (Wildman–Crippen MR) is 168 cm³/mol.